The lowest BCUT2D eigenvalue weighted by molar-refractivity contribution is -0.122. The van der Waals surface area contributed by atoms with Crippen LogP contribution in [0.25, 0.3) is 0 Å². The number of anilines is 1. The lowest BCUT2D eigenvalue weighted by Crippen LogP contribution is -2.36. The molecule has 0 aliphatic heterocycles. The number of carbonyl (C=O) groups is 1. The smallest absolute Gasteiger partial charge is 0.230 e. The monoisotopic (exact) mass is 533 g/mol. The number of amides is 1. The molecule has 0 aliphatic carbocycles. The van der Waals surface area contributed by atoms with Crippen molar-refractivity contribution in [3.8, 4) is 0 Å². The molecule has 0 spiro atoms. The molecular weight excluding hydrogens is 502 g/mol. The first-order valence-electron chi connectivity index (χ1n) is 10.7. The summed E-state index contributed by atoms with van der Waals surface area (Å²) in [5, 5.41) is 0. The lowest BCUT2D eigenvalue weighted by Gasteiger charge is -2.28. The number of hydrogen-bond acceptors (Lipinski definition) is 4. The summed E-state index contributed by atoms with van der Waals surface area (Å²) in [6.07, 6.45) is 7.50. The van der Waals surface area contributed by atoms with Gasteiger partial charge >= 0.3 is 0 Å². The second kappa shape index (κ2) is 12.1. The topological polar surface area (TPSA) is 72.3 Å². The molecule has 1 atom stereocenters. The van der Waals surface area contributed by atoms with Crippen molar-refractivity contribution in [2.75, 3.05) is 17.4 Å². The maximum Gasteiger partial charge on any atom is 0.230 e. The molecule has 0 fully saturated rings. The van der Waals surface area contributed by atoms with Crippen LogP contribution in [0.2, 0.25) is 0 Å². The molecule has 6 nitrogen and oxygen atoms in total. The van der Waals surface area contributed by atoms with Crippen LogP contribution in [-0.2, 0) is 41.1 Å². The van der Waals surface area contributed by atoms with Crippen molar-refractivity contribution in [2.45, 2.75) is 33.2 Å². The molecule has 1 heterocycles. The van der Waals surface area contributed by atoms with Crippen LogP contribution >= 0.6 is 15.9 Å². The van der Waals surface area contributed by atoms with Crippen molar-refractivity contribution in [3.05, 3.63) is 82.3 Å². The average Bonchev–Trinajstić information content (AvgIpc) is 3.15. The van der Waals surface area contributed by atoms with Crippen molar-refractivity contribution in [3.63, 3.8) is 0 Å². The molecule has 0 bridgehead atoms. The van der Waals surface area contributed by atoms with Crippen LogP contribution in [0, 0.1) is 5.92 Å². The van der Waals surface area contributed by atoms with Crippen LogP contribution in [0.15, 0.2) is 65.5 Å². The number of nitrogens with zero attached hydrogens (tertiary/aromatic N) is 3. The van der Waals surface area contributed by atoms with Gasteiger partial charge in [-0.2, -0.15) is 0 Å². The highest BCUT2D eigenvalue weighted by Crippen LogP contribution is 2.28. The summed E-state index contributed by atoms with van der Waals surface area (Å²) >= 11 is 3.55. The van der Waals surface area contributed by atoms with Crippen molar-refractivity contribution in [1.29, 1.82) is 0 Å². The number of sulfone groups is 1. The van der Waals surface area contributed by atoms with Gasteiger partial charge in [-0.1, -0.05) is 60.1 Å². The summed E-state index contributed by atoms with van der Waals surface area (Å²) in [5.74, 6) is 0.00561. The number of benzene rings is 2. The van der Waals surface area contributed by atoms with Crippen LogP contribution in [0.3, 0.4) is 0 Å². The summed E-state index contributed by atoms with van der Waals surface area (Å²) in [5.41, 5.74) is 4.30. The Kier molecular flexibility index (Phi) is 9.86. The van der Waals surface area contributed by atoms with E-state index in [4.69, 9.17) is 0 Å². The largest absolute Gasteiger partial charge is 0.336 e. The maximum atomic E-state index is 13.5. The van der Waals surface area contributed by atoms with E-state index in [1.54, 1.807) is 6.33 Å². The molecule has 0 saturated heterocycles. The number of aromatic nitrogens is 2. The molecule has 0 radical (unpaired) electrons. The highest BCUT2D eigenvalue weighted by molar-refractivity contribution is 9.10. The van der Waals surface area contributed by atoms with E-state index in [1.165, 1.54) is 5.56 Å². The first-order valence-corrected chi connectivity index (χ1v) is 13.8. The van der Waals surface area contributed by atoms with E-state index in [-0.39, 0.29) is 11.8 Å². The molecular formula is C25H32BrN3O3S. The van der Waals surface area contributed by atoms with E-state index in [0.717, 1.165) is 46.8 Å². The van der Waals surface area contributed by atoms with Crippen LogP contribution < -0.4 is 4.90 Å². The quantitative estimate of drug-likeness (QED) is 0.436. The Morgan fingerprint density at radius 1 is 1.15 bits per heavy atom. The lowest BCUT2D eigenvalue weighted by atomic mass is 9.98. The Morgan fingerprint density at radius 3 is 2.33 bits per heavy atom. The van der Waals surface area contributed by atoms with Crippen molar-refractivity contribution < 1.29 is 13.2 Å². The van der Waals surface area contributed by atoms with E-state index >= 15 is 0 Å². The fraction of sp³-hybridized carbons (Fsp3) is 0.360. The molecule has 0 aliphatic rings. The normalized spacial score (nSPS) is 11.9. The fourth-order valence-electron chi connectivity index (χ4n) is 3.40. The molecule has 1 amide bonds. The molecule has 33 heavy (non-hydrogen) atoms. The third kappa shape index (κ3) is 8.78. The summed E-state index contributed by atoms with van der Waals surface area (Å²) in [4.78, 5) is 19.7. The van der Waals surface area contributed by atoms with E-state index in [1.807, 2.05) is 60.0 Å². The molecule has 178 valence electrons. The highest BCUT2D eigenvalue weighted by Gasteiger charge is 2.25. The second-order valence-corrected chi connectivity index (χ2v) is 11.5. The molecule has 8 heteroatoms. The molecule has 1 aromatic heterocycles. The van der Waals surface area contributed by atoms with Gasteiger partial charge in [0.2, 0.25) is 5.91 Å². The van der Waals surface area contributed by atoms with Crippen molar-refractivity contribution in [2.24, 2.45) is 13.0 Å². The molecule has 0 saturated carbocycles. The van der Waals surface area contributed by atoms with Crippen LogP contribution in [0.1, 0.15) is 30.7 Å². The van der Waals surface area contributed by atoms with Gasteiger partial charge in [-0.3, -0.25) is 4.79 Å². The van der Waals surface area contributed by atoms with Crippen molar-refractivity contribution in [1.82, 2.24) is 9.55 Å². The Hall–Kier alpha value is -2.45. The van der Waals surface area contributed by atoms with E-state index in [9.17, 15) is 13.2 Å². The predicted octanol–water partition coefficient (Wildman–Crippen LogP) is 4.82. The number of rotatable bonds is 7. The first-order chi connectivity index (χ1) is 15.5. The number of halogens is 1. The standard InChI is InChI=1S/C23H26BrN3O.C2H6O2S/c1-4-19-13-20(24)10-11-22(19)27(15-21-14-25-16-26(21)3)23(28)17(2)12-18-8-6-5-7-9-18;1-5(2,3)4/h5-11,13-14,16-17H,4,12,15H2,1-3H3;1-2H3. The van der Waals surface area contributed by atoms with Gasteiger partial charge in [0.05, 0.1) is 18.6 Å². The summed E-state index contributed by atoms with van der Waals surface area (Å²) in [7, 11) is -0.708. The zero-order valence-corrected chi connectivity index (χ0v) is 22.2. The van der Waals surface area contributed by atoms with E-state index in [2.05, 4.69) is 46.0 Å². The number of aryl methyl sites for hydroxylation is 2. The zero-order chi connectivity index (χ0) is 24.6. The summed E-state index contributed by atoms with van der Waals surface area (Å²) in [6, 6.07) is 16.3. The number of carbonyl (C=O) groups excluding carboxylic acids is 1. The first kappa shape index (κ1) is 26.8. The van der Waals surface area contributed by atoms with Gasteiger partial charge < -0.3 is 9.47 Å². The van der Waals surface area contributed by atoms with Gasteiger partial charge in [0.25, 0.3) is 0 Å². The zero-order valence-electron chi connectivity index (χ0n) is 19.8. The van der Waals surface area contributed by atoms with Gasteiger partial charge in [0, 0.05) is 41.8 Å². The van der Waals surface area contributed by atoms with E-state index in [0.29, 0.717) is 6.54 Å². The van der Waals surface area contributed by atoms with E-state index < -0.39 is 9.84 Å². The minimum Gasteiger partial charge on any atom is -0.336 e. The SMILES string of the molecule is CCc1cc(Br)ccc1N(Cc1cncn1C)C(=O)C(C)Cc1ccccc1.CS(C)(=O)=O. The van der Waals surface area contributed by atoms with Gasteiger partial charge in [-0.15, -0.1) is 0 Å². The summed E-state index contributed by atoms with van der Waals surface area (Å²) < 4.78 is 22.3. The van der Waals surface area contributed by atoms with Crippen molar-refractivity contribution >= 4 is 37.4 Å². The molecule has 0 N–H and O–H groups in total. The Labute approximate surface area is 205 Å². The van der Waals surface area contributed by atoms with Crippen LogP contribution in [0.4, 0.5) is 5.69 Å². The minimum absolute atomic E-state index is 0.121. The molecule has 3 rings (SSSR count). The number of hydrogen-bond donors (Lipinski definition) is 0. The Balaban J connectivity index is 0.000000696. The van der Waals surface area contributed by atoms with Crippen LogP contribution in [-0.4, -0.2) is 36.4 Å². The maximum absolute atomic E-state index is 13.5. The minimum atomic E-state index is -2.67. The molecule has 2 aromatic carbocycles. The van der Waals surface area contributed by atoms with Gasteiger partial charge in [0.15, 0.2) is 0 Å². The predicted molar refractivity (Wildman–Crippen MR) is 138 cm³/mol. The Morgan fingerprint density at radius 2 is 1.79 bits per heavy atom. The molecule has 3 aromatic rings. The third-order valence-corrected chi connectivity index (χ3v) is 5.52. The van der Waals surface area contributed by atoms with Gasteiger partial charge in [-0.05, 0) is 42.2 Å². The number of imidazole rings is 1. The third-order valence-electron chi connectivity index (χ3n) is 5.02. The highest BCUT2D eigenvalue weighted by atomic mass is 79.9. The van der Waals surface area contributed by atoms with Gasteiger partial charge in [0.1, 0.15) is 9.84 Å². The van der Waals surface area contributed by atoms with Crippen LogP contribution in [0.5, 0.6) is 0 Å². The molecule has 1 unspecified atom stereocenters. The Bertz CT molecular complexity index is 1150. The van der Waals surface area contributed by atoms with Gasteiger partial charge in [-0.25, -0.2) is 13.4 Å². The summed E-state index contributed by atoms with van der Waals surface area (Å²) in [6.45, 7) is 4.63. The second-order valence-electron chi connectivity index (χ2n) is 8.28. The fourth-order valence-corrected chi connectivity index (χ4v) is 3.81. The average molecular weight is 535 g/mol.